The molecule has 1 atom stereocenters. The van der Waals surface area contributed by atoms with Crippen molar-refractivity contribution in [3.05, 3.63) is 0 Å². The largest absolute Gasteiger partial charge is 0.480 e. The molecular weight excluding hydrogens is 265 g/mol. The second-order valence-electron chi connectivity index (χ2n) is 3.71. The maximum atomic E-state index is 11.8. The van der Waals surface area contributed by atoms with Gasteiger partial charge in [-0.2, -0.15) is 31.0 Å². The summed E-state index contributed by atoms with van der Waals surface area (Å²) in [5, 5.41) is 8.70. The van der Waals surface area contributed by atoms with Crippen molar-refractivity contribution in [2.75, 3.05) is 6.54 Å². The number of hydrogen-bond donors (Lipinski definition) is 3. The van der Waals surface area contributed by atoms with E-state index < -0.39 is 34.9 Å². The van der Waals surface area contributed by atoms with E-state index in [4.69, 9.17) is 5.11 Å². The minimum Gasteiger partial charge on any atom is -0.480 e. The molecule has 0 aromatic rings. The first-order chi connectivity index (χ1) is 7.61. The van der Waals surface area contributed by atoms with Crippen LogP contribution in [0.1, 0.15) is 12.8 Å². The molecule has 0 spiro atoms. The predicted octanol–water partition coefficient (Wildman–Crippen LogP) is -0.164. The third-order valence-electron chi connectivity index (χ3n) is 2.10. The summed E-state index contributed by atoms with van der Waals surface area (Å²) in [6.45, 7) is -1.74. The number of halogens is 3. The van der Waals surface area contributed by atoms with Crippen molar-refractivity contribution in [3.8, 4) is 0 Å². The van der Waals surface area contributed by atoms with E-state index in [-0.39, 0.29) is 5.92 Å². The van der Waals surface area contributed by atoms with Gasteiger partial charge in [0.1, 0.15) is 12.6 Å². The van der Waals surface area contributed by atoms with E-state index in [1.807, 2.05) is 0 Å². The number of alkyl halides is 3. The fourth-order valence-corrected chi connectivity index (χ4v) is 2.23. The number of carbonyl (C=O) groups is 1. The molecule has 1 saturated carbocycles. The van der Waals surface area contributed by atoms with Crippen LogP contribution in [0.4, 0.5) is 13.2 Å². The van der Waals surface area contributed by atoms with Crippen molar-refractivity contribution in [2.45, 2.75) is 25.1 Å². The number of carboxylic acids is 1. The molecule has 1 fully saturated rings. The Kier molecular flexibility index (Phi) is 3.99. The quantitative estimate of drug-likeness (QED) is 0.628. The monoisotopic (exact) mass is 276 g/mol. The average Bonchev–Trinajstić information content (AvgIpc) is 2.93. The number of nitrogens with one attached hydrogen (secondary N) is 2. The van der Waals surface area contributed by atoms with Gasteiger partial charge in [0.25, 0.3) is 10.2 Å². The summed E-state index contributed by atoms with van der Waals surface area (Å²) in [7, 11) is -4.46. The molecular formula is C7H11F3N2O4S. The lowest BCUT2D eigenvalue weighted by Crippen LogP contribution is -2.49. The van der Waals surface area contributed by atoms with Crippen LogP contribution in [0.2, 0.25) is 0 Å². The Morgan fingerprint density at radius 3 is 2.29 bits per heavy atom. The molecule has 0 aliphatic heterocycles. The molecule has 3 N–H and O–H groups in total. The van der Waals surface area contributed by atoms with Crippen molar-refractivity contribution >= 4 is 16.2 Å². The molecule has 1 unspecified atom stereocenters. The van der Waals surface area contributed by atoms with Crippen LogP contribution < -0.4 is 9.44 Å². The van der Waals surface area contributed by atoms with Crippen LogP contribution in [-0.4, -0.2) is 38.3 Å². The zero-order chi connectivity index (χ0) is 13.3. The van der Waals surface area contributed by atoms with E-state index in [9.17, 15) is 26.4 Å². The van der Waals surface area contributed by atoms with Gasteiger partial charge in [0, 0.05) is 0 Å². The Morgan fingerprint density at radius 1 is 1.41 bits per heavy atom. The summed E-state index contributed by atoms with van der Waals surface area (Å²) in [6.07, 6.45) is -3.61. The fourth-order valence-electron chi connectivity index (χ4n) is 1.16. The molecule has 0 aromatic carbocycles. The number of aliphatic carboxylic acids is 1. The van der Waals surface area contributed by atoms with E-state index in [1.54, 1.807) is 4.72 Å². The molecule has 0 heterocycles. The molecule has 1 aliphatic carbocycles. The number of rotatable bonds is 6. The van der Waals surface area contributed by atoms with Gasteiger partial charge in [-0.3, -0.25) is 4.79 Å². The highest BCUT2D eigenvalue weighted by molar-refractivity contribution is 7.87. The summed E-state index contributed by atoms with van der Waals surface area (Å²) in [6, 6.07) is -1.37. The maximum absolute atomic E-state index is 11.8. The van der Waals surface area contributed by atoms with Gasteiger partial charge in [-0.25, -0.2) is 0 Å². The summed E-state index contributed by atoms with van der Waals surface area (Å²) in [5.41, 5.74) is 0. The highest BCUT2D eigenvalue weighted by atomic mass is 32.2. The van der Waals surface area contributed by atoms with Gasteiger partial charge < -0.3 is 5.11 Å². The van der Waals surface area contributed by atoms with Crippen LogP contribution in [-0.2, 0) is 15.0 Å². The number of carboxylic acid groups (broad SMARTS) is 1. The normalized spacial score (nSPS) is 19.0. The van der Waals surface area contributed by atoms with Crippen LogP contribution in [0.3, 0.4) is 0 Å². The Balaban J connectivity index is 2.55. The van der Waals surface area contributed by atoms with Gasteiger partial charge in [0.05, 0.1) is 0 Å². The minimum atomic E-state index is -4.69. The zero-order valence-electron chi connectivity index (χ0n) is 8.49. The minimum absolute atomic E-state index is 0.352. The maximum Gasteiger partial charge on any atom is 0.402 e. The molecule has 0 amide bonds. The summed E-state index contributed by atoms with van der Waals surface area (Å²) < 4.78 is 60.6. The van der Waals surface area contributed by atoms with Crippen LogP contribution in [0, 0.1) is 5.92 Å². The molecule has 6 nitrogen and oxygen atoms in total. The second-order valence-corrected chi connectivity index (χ2v) is 5.24. The Hall–Kier alpha value is -0.870. The fraction of sp³-hybridized carbons (Fsp3) is 0.857. The van der Waals surface area contributed by atoms with Crippen LogP contribution in [0.15, 0.2) is 0 Å². The summed E-state index contributed by atoms with van der Waals surface area (Å²) in [5.74, 6) is -1.75. The standard InChI is InChI=1S/C7H11F3N2O4S/c8-7(9,10)3-11-17(15,16)12-5(6(13)14)4-1-2-4/h4-5,11-12H,1-3H2,(H,13,14). The van der Waals surface area contributed by atoms with E-state index in [0.29, 0.717) is 12.8 Å². The molecule has 10 heteroatoms. The molecule has 1 aliphatic rings. The van der Waals surface area contributed by atoms with Gasteiger partial charge >= 0.3 is 12.1 Å². The first kappa shape index (κ1) is 14.2. The molecule has 17 heavy (non-hydrogen) atoms. The molecule has 0 saturated heterocycles. The topological polar surface area (TPSA) is 95.5 Å². The van der Waals surface area contributed by atoms with Crippen molar-refractivity contribution < 1.29 is 31.5 Å². The Bertz CT molecular complexity index is 390. The third kappa shape index (κ3) is 5.33. The summed E-state index contributed by atoms with van der Waals surface area (Å²) >= 11 is 0. The molecule has 1 rings (SSSR count). The number of hydrogen-bond acceptors (Lipinski definition) is 3. The lowest BCUT2D eigenvalue weighted by molar-refractivity contribution is -0.139. The van der Waals surface area contributed by atoms with Crippen LogP contribution >= 0.6 is 0 Å². The first-order valence-corrected chi connectivity index (χ1v) is 6.15. The van der Waals surface area contributed by atoms with Crippen LogP contribution in [0.5, 0.6) is 0 Å². The van der Waals surface area contributed by atoms with E-state index in [1.165, 1.54) is 4.72 Å². The van der Waals surface area contributed by atoms with Crippen LogP contribution in [0.25, 0.3) is 0 Å². The zero-order valence-corrected chi connectivity index (χ0v) is 9.31. The van der Waals surface area contributed by atoms with Crippen molar-refractivity contribution in [2.24, 2.45) is 5.92 Å². The van der Waals surface area contributed by atoms with Gasteiger partial charge in [0.2, 0.25) is 0 Å². The molecule has 0 aromatic heterocycles. The Morgan fingerprint density at radius 2 is 1.94 bits per heavy atom. The summed E-state index contributed by atoms with van der Waals surface area (Å²) in [4.78, 5) is 10.7. The molecule has 100 valence electrons. The molecule has 0 bridgehead atoms. The lowest BCUT2D eigenvalue weighted by atomic mass is 10.2. The smallest absolute Gasteiger partial charge is 0.402 e. The molecule has 0 radical (unpaired) electrons. The van der Waals surface area contributed by atoms with Gasteiger partial charge in [0.15, 0.2) is 0 Å². The lowest BCUT2D eigenvalue weighted by Gasteiger charge is -2.15. The highest BCUT2D eigenvalue weighted by Gasteiger charge is 2.39. The van der Waals surface area contributed by atoms with Crippen molar-refractivity contribution in [1.82, 2.24) is 9.44 Å². The predicted molar refractivity (Wildman–Crippen MR) is 50.3 cm³/mol. The van der Waals surface area contributed by atoms with Crippen molar-refractivity contribution in [3.63, 3.8) is 0 Å². The van der Waals surface area contributed by atoms with E-state index in [2.05, 4.69) is 0 Å². The average molecular weight is 276 g/mol. The van der Waals surface area contributed by atoms with Gasteiger partial charge in [-0.05, 0) is 18.8 Å². The van der Waals surface area contributed by atoms with Gasteiger partial charge in [-0.1, -0.05) is 0 Å². The van der Waals surface area contributed by atoms with Gasteiger partial charge in [-0.15, -0.1) is 0 Å². The second kappa shape index (κ2) is 4.78. The van der Waals surface area contributed by atoms with E-state index >= 15 is 0 Å². The highest BCUT2D eigenvalue weighted by Crippen LogP contribution is 2.32. The van der Waals surface area contributed by atoms with Crippen molar-refractivity contribution in [1.29, 1.82) is 0 Å². The Labute approximate surface area is 95.4 Å². The first-order valence-electron chi connectivity index (χ1n) is 4.67. The SMILES string of the molecule is O=C(O)C(NS(=O)(=O)NCC(F)(F)F)C1CC1. The van der Waals surface area contributed by atoms with E-state index in [0.717, 1.165) is 0 Å². The third-order valence-corrected chi connectivity index (χ3v) is 3.19.